The lowest BCUT2D eigenvalue weighted by molar-refractivity contribution is 0.176. The van der Waals surface area contributed by atoms with E-state index in [4.69, 9.17) is 0 Å². The Balaban J connectivity index is 3.63. The number of nitrogens with one attached hydrogen (secondary N) is 1. The van der Waals surface area contributed by atoms with Gasteiger partial charge in [-0.3, -0.25) is 0 Å². The Labute approximate surface area is 96.4 Å². The van der Waals surface area contributed by atoms with Crippen molar-refractivity contribution >= 4 is 0 Å². The summed E-state index contributed by atoms with van der Waals surface area (Å²) in [6.07, 6.45) is 5.19. The maximum absolute atomic E-state index is 3.38. The fourth-order valence-electron chi connectivity index (χ4n) is 1.96. The average Bonchev–Trinajstić information content (AvgIpc) is 2.23. The number of hydrogen-bond acceptors (Lipinski definition) is 2. The molecule has 0 radical (unpaired) electrons. The summed E-state index contributed by atoms with van der Waals surface area (Å²) in [4.78, 5) is 2.52. The van der Waals surface area contributed by atoms with Crippen LogP contribution in [0.15, 0.2) is 0 Å². The Morgan fingerprint density at radius 1 is 1.07 bits per heavy atom. The Morgan fingerprint density at radius 2 is 1.67 bits per heavy atom. The molecule has 0 aliphatic carbocycles. The van der Waals surface area contributed by atoms with E-state index in [-0.39, 0.29) is 0 Å². The maximum Gasteiger partial charge on any atom is 0.00671 e. The van der Waals surface area contributed by atoms with E-state index in [0.717, 1.165) is 19.1 Å². The third-order valence-corrected chi connectivity index (χ3v) is 3.32. The van der Waals surface area contributed by atoms with Crippen molar-refractivity contribution < 1.29 is 0 Å². The summed E-state index contributed by atoms with van der Waals surface area (Å²) < 4.78 is 0. The van der Waals surface area contributed by atoms with Crippen LogP contribution in [0.2, 0.25) is 0 Å². The predicted molar refractivity (Wildman–Crippen MR) is 69.4 cm³/mol. The Morgan fingerprint density at radius 3 is 2.20 bits per heavy atom. The van der Waals surface area contributed by atoms with E-state index in [1.807, 2.05) is 0 Å². The molecule has 0 heterocycles. The van der Waals surface area contributed by atoms with Gasteiger partial charge in [0.1, 0.15) is 0 Å². The van der Waals surface area contributed by atoms with Crippen molar-refractivity contribution in [3.63, 3.8) is 0 Å². The third kappa shape index (κ3) is 6.91. The molecule has 2 nitrogen and oxygen atoms in total. The second kappa shape index (κ2) is 9.17. The van der Waals surface area contributed by atoms with Gasteiger partial charge < -0.3 is 10.2 Å². The molecule has 0 amide bonds. The molecule has 2 heteroatoms. The maximum atomic E-state index is 3.38. The predicted octanol–water partition coefficient (Wildman–Crippen LogP) is 2.89. The first-order chi connectivity index (χ1) is 7.13. The third-order valence-electron chi connectivity index (χ3n) is 3.32. The van der Waals surface area contributed by atoms with E-state index >= 15 is 0 Å². The summed E-state index contributed by atoms with van der Waals surface area (Å²) in [5, 5.41) is 3.38. The van der Waals surface area contributed by atoms with Crippen molar-refractivity contribution in [3.05, 3.63) is 0 Å². The fraction of sp³-hybridized carbons (Fsp3) is 1.00. The van der Waals surface area contributed by atoms with E-state index in [2.05, 4.69) is 45.0 Å². The van der Waals surface area contributed by atoms with Gasteiger partial charge in [-0.1, -0.05) is 20.3 Å². The topological polar surface area (TPSA) is 15.3 Å². The molecule has 2 unspecified atom stereocenters. The van der Waals surface area contributed by atoms with E-state index in [1.165, 1.54) is 25.7 Å². The normalized spacial score (nSPS) is 15.6. The zero-order valence-corrected chi connectivity index (χ0v) is 11.3. The molecular weight excluding hydrogens is 184 g/mol. The minimum Gasteiger partial charge on any atom is -0.317 e. The van der Waals surface area contributed by atoms with E-state index < -0.39 is 0 Å². The molecule has 92 valence electrons. The summed E-state index contributed by atoms with van der Waals surface area (Å²) in [5.41, 5.74) is 0. The van der Waals surface area contributed by atoms with Crippen LogP contribution in [0, 0.1) is 0 Å². The lowest BCUT2D eigenvalue weighted by Gasteiger charge is -2.30. The highest BCUT2D eigenvalue weighted by atomic mass is 15.1. The molecular formula is C13H30N2. The van der Waals surface area contributed by atoms with Gasteiger partial charge in [0.05, 0.1) is 0 Å². The van der Waals surface area contributed by atoms with Crippen LogP contribution in [0.3, 0.4) is 0 Å². The van der Waals surface area contributed by atoms with Gasteiger partial charge in [-0.2, -0.15) is 0 Å². The van der Waals surface area contributed by atoms with E-state index in [9.17, 15) is 0 Å². The summed E-state index contributed by atoms with van der Waals surface area (Å²) >= 11 is 0. The van der Waals surface area contributed by atoms with Crippen molar-refractivity contribution in [2.45, 2.75) is 65.5 Å². The molecule has 15 heavy (non-hydrogen) atoms. The van der Waals surface area contributed by atoms with Crippen LogP contribution in [0.4, 0.5) is 0 Å². The Bertz CT molecular complexity index is 136. The molecule has 0 saturated carbocycles. The van der Waals surface area contributed by atoms with Crippen molar-refractivity contribution in [1.82, 2.24) is 10.2 Å². The van der Waals surface area contributed by atoms with Crippen LogP contribution < -0.4 is 5.32 Å². The fourth-order valence-corrected chi connectivity index (χ4v) is 1.96. The van der Waals surface area contributed by atoms with Crippen LogP contribution in [0.1, 0.15) is 53.4 Å². The zero-order valence-electron chi connectivity index (χ0n) is 11.3. The molecule has 0 fully saturated rings. The number of hydrogen-bond donors (Lipinski definition) is 1. The van der Waals surface area contributed by atoms with Gasteiger partial charge in [0.15, 0.2) is 0 Å². The van der Waals surface area contributed by atoms with Crippen molar-refractivity contribution in [3.8, 4) is 0 Å². The van der Waals surface area contributed by atoms with Gasteiger partial charge in [0.2, 0.25) is 0 Å². The summed E-state index contributed by atoms with van der Waals surface area (Å²) in [6.45, 7) is 11.4. The van der Waals surface area contributed by atoms with Crippen LogP contribution in [-0.4, -0.2) is 37.1 Å². The summed E-state index contributed by atoms with van der Waals surface area (Å²) in [7, 11) is 2.26. The van der Waals surface area contributed by atoms with Gasteiger partial charge in [-0.05, 0) is 53.2 Å². The van der Waals surface area contributed by atoms with Crippen molar-refractivity contribution in [2.75, 3.05) is 20.1 Å². The summed E-state index contributed by atoms with van der Waals surface area (Å²) in [5.74, 6) is 0. The second-order valence-electron chi connectivity index (χ2n) is 4.65. The van der Waals surface area contributed by atoms with Gasteiger partial charge >= 0.3 is 0 Å². The van der Waals surface area contributed by atoms with Gasteiger partial charge in [0, 0.05) is 12.1 Å². The van der Waals surface area contributed by atoms with Crippen LogP contribution >= 0.6 is 0 Å². The lowest BCUT2D eigenvalue weighted by atomic mass is 10.1. The van der Waals surface area contributed by atoms with Crippen LogP contribution in [0.25, 0.3) is 0 Å². The summed E-state index contributed by atoms with van der Waals surface area (Å²) in [6, 6.07) is 1.44. The minimum absolute atomic E-state index is 0.713. The van der Waals surface area contributed by atoms with E-state index in [0.29, 0.717) is 6.04 Å². The molecule has 0 saturated heterocycles. The van der Waals surface area contributed by atoms with Crippen molar-refractivity contribution in [2.24, 2.45) is 0 Å². The molecule has 0 aromatic rings. The molecule has 0 aliphatic rings. The Hall–Kier alpha value is -0.0800. The molecule has 0 aromatic carbocycles. The average molecular weight is 214 g/mol. The van der Waals surface area contributed by atoms with Crippen LogP contribution in [0.5, 0.6) is 0 Å². The molecule has 2 atom stereocenters. The lowest BCUT2D eigenvalue weighted by Crippen LogP contribution is -2.37. The van der Waals surface area contributed by atoms with Crippen LogP contribution in [-0.2, 0) is 0 Å². The Kier molecular flexibility index (Phi) is 9.12. The quantitative estimate of drug-likeness (QED) is 0.594. The van der Waals surface area contributed by atoms with Gasteiger partial charge in [0.25, 0.3) is 0 Å². The van der Waals surface area contributed by atoms with Gasteiger partial charge in [-0.15, -0.1) is 0 Å². The molecule has 0 rings (SSSR count). The second-order valence-corrected chi connectivity index (χ2v) is 4.65. The molecule has 0 spiro atoms. The highest BCUT2D eigenvalue weighted by Gasteiger charge is 2.14. The highest BCUT2D eigenvalue weighted by Crippen LogP contribution is 2.11. The number of rotatable bonds is 9. The molecule has 0 aliphatic heterocycles. The minimum atomic E-state index is 0.713. The largest absolute Gasteiger partial charge is 0.317 e. The zero-order chi connectivity index (χ0) is 11.7. The number of nitrogens with zero attached hydrogens (tertiary/aromatic N) is 1. The smallest absolute Gasteiger partial charge is 0.00671 e. The van der Waals surface area contributed by atoms with Gasteiger partial charge in [-0.25, -0.2) is 0 Å². The first kappa shape index (κ1) is 14.9. The highest BCUT2D eigenvalue weighted by molar-refractivity contribution is 4.70. The molecule has 0 bridgehead atoms. The van der Waals surface area contributed by atoms with Crippen molar-refractivity contribution in [1.29, 1.82) is 0 Å². The molecule has 1 N–H and O–H groups in total. The monoisotopic (exact) mass is 214 g/mol. The first-order valence-electron chi connectivity index (χ1n) is 6.56. The molecule has 0 aromatic heterocycles. The van der Waals surface area contributed by atoms with E-state index in [1.54, 1.807) is 0 Å². The first-order valence-corrected chi connectivity index (χ1v) is 6.56. The SMILES string of the molecule is CCCC(C)N(C)C(C)CCCNCC. The standard InChI is InChI=1S/C13H30N2/c1-6-9-12(3)15(5)13(4)10-8-11-14-7-2/h12-14H,6-11H2,1-5H3.